The highest BCUT2D eigenvalue weighted by molar-refractivity contribution is 6.32. The minimum atomic E-state index is -0.549. The van der Waals surface area contributed by atoms with Gasteiger partial charge in [-0.3, -0.25) is 15.4 Å². The predicted molar refractivity (Wildman–Crippen MR) is 78.4 cm³/mol. The highest BCUT2D eigenvalue weighted by atomic mass is 35.5. The second-order valence-electron chi connectivity index (χ2n) is 5.08. The summed E-state index contributed by atoms with van der Waals surface area (Å²) in [6, 6.07) is 6.45. The molecule has 0 radical (unpaired) electrons. The van der Waals surface area contributed by atoms with Gasteiger partial charge in [0.15, 0.2) is 0 Å². The number of nitrogens with one attached hydrogen (secondary N) is 1. The molecule has 1 aromatic carbocycles. The van der Waals surface area contributed by atoms with Crippen LogP contribution in [0.5, 0.6) is 5.75 Å². The molecule has 1 N–H and O–H groups in total. The zero-order valence-corrected chi connectivity index (χ0v) is 12.4. The highest BCUT2D eigenvalue weighted by Gasteiger charge is 2.40. The number of benzene rings is 1. The van der Waals surface area contributed by atoms with E-state index in [1.54, 1.807) is 0 Å². The first kappa shape index (κ1) is 15.5. The fourth-order valence-electron chi connectivity index (χ4n) is 2.62. The molecule has 0 aliphatic heterocycles. The lowest BCUT2D eigenvalue weighted by Gasteiger charge is -2.22. The summed E-state index contributed by atoms with van der Waals surface area (Å²) >= 11 is 6.01. The number of ether oxygens (including phenoxy) is 1. The lowest BCUT2D eigenvalue weighted by Crippen LogP contribution is -2.42. The van der Waals surface area contributed by atoms with E-state index in [2.05, 4.69) is 11.4 Å². The van der Waals surface area contributed by atoms with Crippen LogP contribution in [-0.2, 0) is 0 Å². The maximum absolute atomic E-state index is 10.7. The highest BCUT2D eigenvalue weighted by Crippen LogP contribution is 2.35. The fourth-order valence-corrected chi connectivity index (χ4v) is 2.84. The second kappa shape index (κ2) is 6.29. The minimum absolute atomic E-state index is 0.0715. The van der Waals surface area contributed by atoms with Gasteiger partial charge in [-0.15, -0.1) is 0 Å². The Morgan fingerprint density at radius 3 is 3.00 bits per heavy atom. The standard InChI is InChI=1S/C14H16ClN3O3/c1-2-17-14(9-16)6-5-11(8-14)21-13-4-3-10(18(19)20)7-12(13)15/h3-4,7,11,17H,2,5-6,8H2,1H3. The first-order valence-corrected chi connectivity index (χ1v) is 7.14. The van der Waals surface area contributed by atoms with E-state index in [4.69, 9.17) is 16.3 Å². The summed E-state index contributed by atoms with van der Waals surface area (Å²) in [5.74, 6) is 0.414. The minimum Gasteiger partial charge on any atom is -0.489 e. The van der Waals surface area contributed by atoms with Crippen LogP contribution in [0.15, 0.2) is 18.2 Å². The summed E-state index contributed by atoms with van der Waals surface area (Å²) in [6.07, 6.45) is 1.91. The molecular formula is C14H16ClN3O3. The Hall–Kier alpha value is -1.84. The van der Waals surface area contributed by atoms with Crippen molar-refractivity contribution >= 4 is 17.3 Å². The maximum atomic E-state index is 10.7. The lowest BCUT2D eigenvalue weighted by atomic mass is 10.00. The average Bonchev–Trinajstić information content (AvgIpc) is 2.85. The van der Waals surface area contributed by atoms with Gasteiger partial charge in [0.2, 0.25) is 0 Å². The van der Waals surface area contributed by atoms with Crippen LogP contribution in [0.1, 0.15) is 26.2 Å². The van der Waals surface area contributed by atoms with E-state index in [1.165, 1.54) is 18.2 Å². The van der Waals surface area contributed by atoms with E-state index < -0.39 is 10.5 Å². The first-order valence-electron chi connectivity index (χ1n) is 6.76. The Morgan fingerprint density at radius 1 is 1.67 bits per heavy atom. The Morgan fingerprint density at radius 2 is 2.43 bits per heavy atom. The van der Waals surface area contributed by atoms with Crippen LogP contribution in [-0.4, -0.2) is 23.1 Å². The van der Waals surface area contributed by atoms with Gasteiger partial charge >= 0.3 is 0 Å². The van der Waals surface area contributed by atoms with E-state index in [0.717, 1.165) is 13.0 Å². The normalized spacial score (nSPS) is 24.5. The van der Waals surface area contributed by atoms with Crippen LogP contribution in [0.3, 0.4) is 0 Å². The van der Waals surface area contributed by atoms with Crippen LogP contribution in [0.25, 0.3) is 0 Å². The molecule has 6 nitrogen and oxygen atoms in total. The molecule has 0 amide bonds. The zero-order valence-electron chi connectivity index (χ0n) is 11.6. The van der Waals surface area contributed by atoms with Gasteiger partial charge in [-0.2, -0.15) is 5.26 Å². The Balaban J connectivity index is 2.07. The summed E-state index contributed by atoms with van der Waals surface area (Å²) < 4.78 is 5.80. The number of hydrogen-bond acceptors (Lipinski definition) is 5. The van der Waals surface area contributed by atoms with Gasteiger partial charge < -0.3 is 4.74 Å². The maximum Gasteiger partial charge on any atom is 0.271 e. The van der Waals surface area contributed by atoms with E-state index in [1.807, 2.05) is 6.92 Å². The van der Waals surface area contributed by atoms with Gasteiger partial charge in [0.05, 0.1) is 16.0 Å². The smallest absolute Gasteiger partial charge is 0.271 e. The molecule has 0 spiro atoms. The van der Waals surface area contributed by atoms with Gasteiger partial charge in [0.1, 0.15) is 17.4 Å². The van der Waals surface area contributed by atoms with Crippen molar-refractivity contribution in [1.29, 1.82) is 5.26 Å². The summed E-state index contributed by atoms with van der Waals surface area (Å²) in [6.45, 7) is 2.68. The van der Waals surface area contributed by atoms with E-state index >= 15 is 0 Å². The Bertz CT molecular complexity index is 587. The number of non-ortho nitro benzene ring substituents is 1. The number of nitro benzene ring substituents is 1. The molecular weight excluding hydrogens is 294 g/mol. The third-order valence-electron chi connectivity index (χ3n) is 3.62. The number of hydrogen-bond donors (Lipinski definition) is 1. The van der Waals surface area contributed by atoms with Crippen molar-refractivity contribution in [3.8, 4) is 11.8 Å². The van der Waals surface area contributed by atoms with Gasteiger partial charge in [-0.1, -0.05) is 18.5 Å². The molecule has 1 aliphatic rings. The first-order chi connectivity index (χ1) is 9.99. The molecule has 1 aliphatic carbocycles. The summed E-state index contributed by atoms with van der Waals surface area (Å²) in [7, 11) is 0. The Kier molecular flexibility index (Phi) is 4.66. The summed E-state index contributed by atoms with van der Waals surface area (Å²) in [4.78, 5) is 10.2. The van der Waals surface area contributed by atoms with Crippen molar-refractivity contribution in [2.75, 3.05) is 6.54 Å². The van der Waals surface area contributed by atoms with Crippen LogP contribution >= 0.6 is 11.6 Å². The zero-order chi connectivity index (χ0) is 15.5. The molecule has 1 fully saturated rings. The van der Waals surface area contributed by atoms with Crippen molar-refractivity contribution in [1.82, 2.24) is 5.32 Å². The molecule has 0 bridgehead atoms. The molecule has 0 heterocycles. The molecule has 1 saturated carbocycles. The summed E-state index contributed by atoms with van der Waals surface area (Å²) in [5.41, 5.74) is -0.620. The van der Waals surface area contributed by atoms with Crippen molar-refractivity contribution in [2.24, 2.45) is 0 Å². The SMILES string of the molecule is CCNC1(C#N)CCC(Oc2ccc([N+](=O)[O-])cc2Cl)C1. The monoisotopic (exact) mass is 309 g/mol. The number of rotatable bonds is 5. The summed E-state index contributed by atoms with van der Waals surface area (Å²) in [5, 5.41) is 23.4. The predicted octanol–water partition coefficient (Wildman–Crippen LogP) is 3.05. The lowest BCUT2D eigenvalue weighted by molar-refractivity contribution is -0.384. The van der Waals surface area contributed by atoms with Gasteiger partial charge in [0.25, 0.3) is 5.69 Å². The van der Waals surface area contributed by atoms with Crippen LogP contribution in [0.2, 0.25) is 5.02 Å². The second-order valence-corrected chi connectivity index (χ2v) is 5.49. The molecule has 2 rings (SSSR count). The van der Waals surface area contributed by atoms with Crippen molar-refractivity contribution < 1.29 is 9.66 Å². The van der Waals surface area contributed by atoms with E-state index in [9.17, 15) is 15.4 Å². The molecule has 2 unspecified atom stereocenters. The van der Waals surface area contributed by atoms with E-state index in [0.29, 0.717) is 18.6 Å². The third kappa shape index (κ3) is 3.43. The van der Waals surface area contributed by atoms with Crippen LogP contribution < -0.4 is 10.1 Å². The van der Waals surface area contributed by atoms with Crippen molar-refractivity contribution in [2.45, 2.75) is 37.8 Å². The number of nitriles is 1. The topological polar surface area (TPSA) is 88.2 Å². The number of halogens is 1. The quantitative estimate of drug-likeness (QED) is 0.667. The molecule has 112 valence electrons. The van der Waals surface area contributed by atoms with Gasteiger partial charge in [-0.25, -0.2) is 0 Å². The number of nitrogens with zero attached hydrogens (tertiary/aromatic N) is 2. The van der Waals surface area contributed by atoms with Gasteiger partial charge in [-0.05, 0) is 25.5 Å². The fraction of sp³-hybridized carbons (Fsp3) is 0.500. The molecule has 2 atom stereocenters. The van der Waals surface area contributed by atoms with E-state index in [-0.39, 0.29) is 16.8 Å². The average molecular weight is 310 g/mol. The van der Waals surface area contributed by atoms with Gasteiger partial charge in [0, 0.05) is 18.6 Å². The molecule has 0 aromatic heterocycles. The largest absolute Gasteiger partial charge is 0.489 e. The number of nitro groups is 1. The molecule has 1 aromatic rings. The molecule has 21 heavy (non-hydrogen) atoms. The molecule has 7 heteroatoms. The van der Waals surface area contributed by atoms with Crippen molar-refractivity contribution in [3.05, 3.63) is 33.3 Å². The molecule has 0 saturated heterocycles. The van der Waals surface area contributed by atoms with Crippen LogP contribution in [0.4, 0.5) is 5.69 Å². The third-order valence-corrected chi connectivity index (χ3v) is 3.91. The van der Waals surface area contributed by atoms with Crippen LogP contribution in [0, 0.1) is 21.4 Å². The Labute approximate surface area is 127 Å². The van der Waals surface area contributed by atoms with Crippen molar-refractivity contribution in [3.63, 3.8) is 0 Å².